The van der Waals surface area contributed by atoms with E-state index in [1.54, 1.807) is 0 Å². The highest BCUT2D eigenvalue weighted by molar-refractivity contribution is 5.86. The molecular weight excluding hydrogens is 468 g/mol. The van der Waals surface area contributed by atoms with Crippen molar-refractivity contribution in [2.75, 3.05) is 29.9 Å². The van der Waals surface area contributed by atoms with Crippen LogP contribution in [-0.2, 0) is 20.5 Å². The van der Waals surface area contributed by atoms with Gasteiger partial charge in [-0.05, 0) is 42.9 Å². The number of ether oxygens (including phenoxy) is 1. The van der Waals surface area contributed by atoms with E-state index in [1.165, 1.54) is 12.5 Å². The van der Waals surface area contributed by atoms with Gasteiger partial charge in [0.2, 0.25) is 11.9 Å². The molecule has 10 nitrogen and oxygen atoms in total. The van der Waals surface area contributed by atoms with E-state index in [1.807, 2.05) is 4.52 Å². The number of pyridine rings is 1. The van der Waals surface area contributed by atoms with Crippen molar-refractivity contribution in [2.24, 2.45) is 5.92 Å². The van der Waals surface area contributed by atoms with Crippen LogP contribution >= 0.6 is 0 Å². The Balaban J connectivity index is 1.19. The number of aromatic nitrogens is 6. The molecule has 4 aliphatic rings. The molecular formula is C27H30N8O2. The van der Waals surface area contributed by atoms with E-state index in [0.717, 1.165) is 42.8 Å². The van der Waals surface area contributed by atoms with Crippen molar-refractivity contribution in [3.8, 4) is 0 Å². The normalized spacial score (nSPS) is 28.6. The van der Waals surface area contributed by atoms with Gasteiger partial charge in [0.1, 0.15) is 11.4 Å². The van der Waals surface area contributed by atoms with E-state index in [0.29, 0.717) is 24.2 Å². The summed E-state index contributed by atoms with van der Waals surface area (Å²) in [6.07, 6.45) is 4.04. The van der Waals surface area contributed by atoms with Gasteiger partial charge in [-0.1, -0.05) is 37.3 Å². The van der Waals surface area contributed by atoms with Gasteiger partial charge in [-0.25, -0.2) is 9.50 Å². The number of carbonyl (C=O) groups is 1. The quantitative estimate of drug-likeness (QED) is 0.434. The number of aromatic amines is 1. The van der Waals surface area contributed by atoms with E-state index in [9.17, 15) is 4.79 Å². The predicted octanol–water partition coefficient (Wildman–Crippen LogP) is 3.31. The molecule has 10 heteroatoms. The molecule has 4 aromatic rings. The average Bonchev–Trinajstić information content (AvgIpc) is 3.67. The van der Waals surface area contributed by atoms with Gasteiger partial charge in [0, 0.05) is 25.4 Å². The van der Waals surface area contributed by atoms with Crippen LogP contribution in [0.15, 0.2) is 42.6 Å². The second-order valence-electron chi connectivity index (χ2n) is 11.1. The average molecular weight is 499 g/mol. The van der Waals surface area contributed by atoms with Crippen LogP contribution in [0.4, 0.5) is 11.6 Å². The van der Waals surface area contributed by atoms with E-state index >= 15 is 0 Å². The molecule has 6 heterocycles. The molecule has 4 atom stereocenters. The fourth-order valence-corrected chi connectivity index (χ4v) is 6.52. The van der Waals surface area contributed by atoms with E-state index in [4.69, 9.17) is 14.8 Å². The van der Waals surface area contributed by atoms with Gasteiger partial charge in [0.25, 0.3) is 0 Å². The summed E-state index contributed by atoms with van der Waals surface area (Å²) >= 11 is 0. The molecule has 1 amide bonds. The molecule has 0 spiro atoms. The topological polar surface area (TPSA) is 113 Å². The van der Waals surface area contributed by atoms with Crippen LogP contribution in [0.3, 0.4) is 0 Å². The Kier molecular flexibility index (Phi) is 4.76. The zero-order valence-corrected chi connectivity index (χ0v) is 21.2. The number of nitrogens with zero attached hydrogens (tertiary/aromatic N) is 6. The summed E-state index contributed by atoms with van der Waals surface area (Å²) in [5.41, 5.74) is 3.96. The molecule has 2 N–H and O–H groups in total. The summed E-state index contributed by atoms with van der Waals surface area (Å²) < 4.78 is 8.21. The number of H-pyrrole nitrogens is 1. The molecule has 0 radical (unpaired) electrons. The maximum Gasteiger partial charge on any atom is 0.248 e. The first-order chi connectivity index (χ1) is 17.8. The van der Waals surface area contributed by atoms with Gasteiger partial charge in [-0.3, -0.25) is 15.2 Å². The van der Waals surface area contributed by atoms with Gasteiger partial charge in [0.15, 0.2) is 11.5 Å². The van der Waals surface area contributed by atoms with Crippen molar-refractivity contribution in [3.63, 3.8) is 0 Å². The molecule has 2 bridgehead atoms. The van der Waals surface area contributed by atoms with Crippen molar-refractivity contribution in [2.45, 2.75) is 50.5 Å². The predicted molar refractivity (Wildman–Crippen MR) is 138 cm³/mol. The van der Waals surface area contributed by atoms with Crippen molar-refractivity contribution in [3.05, 3.63) is 65.4 Å². The van der Waals surface area contributed by atoms with Crippen LogP contribution in [0.2, 0.25) is 0 Å². The highest BCUT2D eigenvalue weighted by Gasteiger charge is 2.66. The Hall–Kier alpha value is -3.79. The van der Waals surface area contributed by atoms with Crippen molar-refractivity contribution in [1.82, 2.24) is 29.8 Å². The van der Waals surface area contributed by atoms with Gasteiger partial charge < -0.3 is 9.64 Å². The Morgan fingerprint density at radius 1 is 1.24 bits per heavy atom. The first-order valence-corrected chi connectivity index (χ1v) is 12.9. The number of carbonyl (C=O) groups excluding carboxylic acids is 1. The van der Waals surface area contributed by atoms with Crippen molar-refractivity contribution < 1.29 is 9.53 Å². The third kappa shape index (κ3) is 3.38. The number of amides is 1. The van der Waals surface area contributed by atoms with E-state index < -0.39 is 5.60 Å². The first-order valence-electron chi connectivity index (χ1n) is 12.9. The molecule has 37 heavy (non-hydrogen) atoms. The molecule has 8 rings (SSSR count). The van der Waals surface area contributed by atoms with Crippen LogP contribution in [0.1, 0.15) is 55.4 Å². The van der Waals surface area contributed by atoms with Crippen LogP contribution in [0.25, 0.3) is 5.65 Å². The van der Waals surface area contributed by atoms with Crippen LogP contribution < -0.4 is 10.2 Å². The molecule has 190 valence electrons. The summed E-state index contributed by atoms with van der Waals surface area (Å²) in [5.74, 6) is 1.75. The Morgan fingerprint density at radius 3 is 2.86 bits per heavy atom. The minimum absolute atomic E-state index is 0.0233. The third-order valence-corrected chi connectivity index (χ3v) is 8.47. The largest absolute Gasteiger partial charge is 0.369 e. The first kappa shape index (κ1) is 22.4. The summed E-state index contributed by atoms with van der Waals surface area (Å²) in [5, 5.41) is 14.7. The summed E-state index contributed by atoms with van der Waals surface area (Å²) in [6, 6.07) is 13.0. The number of rotatable bonds is 5. The van der Waals surface area contributed by atoms with Gasteiger partial charge in [0.05, 0.1) is 24.4 Å². The minimum Gasteiger partial charge on any atom is -0.369 e. The third-order valence-electron chi connectivity index (χ3n) is 8.47. The van der Waals surface area contributed by atoms with Crippen molar-refractivity contribution >= 4 is 23.2 Å². The lowest BCUT2D eigenvalue weighted by Crippen LogP contribution is -2.44. The molecule has 3 aliphatic heterocycles. The van der Waals surface area contributed by atoms with Crippen LogP contribution in [-0.4, -0.2) is 55.4 Å². The Bertz CT molecular complexity index is 1510. The Morgan fingerprint density at radius 2 is 2.08 bits per heavy atom. The molecule has 4 fully saturated rings. The molecule has 1 aliphatic carbocycles. The fourth-order valence-electron chi connectivity index (χ4n) is 6.52. The second kappa shape index (κ2) is 7.85. The molecule has 1 saturated carbocycles. The summed E-state index contributed by atoms with van der Waals surface area (Å²) in [4.78, 5) is 23.3. The lowest BCUT2D eigenvalue weighted by molar-refractivity contribution is -0.114. The molecule has 3 unspecified atom stereocenters. The molecule has 1 aromatic carbocycles. The number of aryl methyl sites for hydroxylation is 1. The van der Waals surface area contributed by atoms with E-state index in [2.05, 4.69) is 81.8 Å². The van der Waals surface area contributed by atoms with Crippen molar-refractivity contribution in [1.29, 1.82) is 0 Å². The lowest BCUT2D eigenvalue weighted by atomic mass is 9.63. The van der Waals surface area contributed by atoms with Gasteiger partial charge >= 0.3 is 0 Å². The maximum atomic E-state index is 11.4. The summed E-state index contributed by atoms with van der Waals surface area (Å²) in [6.45, 7) is 8.47. The zero-order valence-electron chi connectivity index (χ0n) is 21.2. The Labute approximate surface area is 214 Å². The van der Waals surface area contributed by atoms with Crippen LogP contribution in [0.5, 0.6) is 0 Å². The highest BCUT2D eigenvalue weighted by Crippen LogP contribution is 2.63. The summed E-state index contributed by atoms with van der Waals surface area (Å²) in [7, 11) is 0. The van der Waals surface area contributed by atoms with Gasteiger partial charge in [-0.2, -0.15) is 4.98 Å². The lowest BCUT2D eigenvalue weighted by Gasteiger charge is -2.41. The standard InChI is InChI=1S/C27H30N8O2/c1-16-11-20(34-10-9-26(3,15-34)19-7-5-4-6-8-19)13-35-23(16)30-24(33-35)27-12-18(14-37-27)21(27)22-29-25(32-31-22)28-17(2)36/h4-8,11,13,18,21H,9-10,12,14-15H2,1-3H3,(H2,28,29,31,32,36)/t18?,21?,26-,27?/m0/s1. The van der Waals surface area contributed by atoms with E-state index in [-0.39, 0.29) is 23.2 Å². The monoisotopic (exact) mass is 498 g/mol. The fraction of sp³-hybridized carbons (Fsp3) is 0.444. The maximum absolute atomic E-state index is 11.4. The second-order valence-corrected chi connectivity index (χ2v) is 11.1. The SMILES string of the molecule is CC(=O)Nc1n[nH]c(C2C3COC2(c2nc4c(C)cc(N5CC[C@](C)(c6ccccc6)C5)cn4n2)C3)n1. The van der Waals surface area contributed by atoms with Gasteiger partial charge in [-0.15, -0.1) is 10.2 Å². The zero-order chi connectivity index (χ0) is 25.4. The number of nitrogens with one attached hydrogen (secondary N) is 2. The molecule has 3 aromatic heterocycles. The highest BCUT2D eigenvalue weighted by atomic mass is 16.5. The molecule has 3 saturated heterocycles. The number of fused-ring (bicyclic) bond motifs is 2. The number of hydrogen-bond donors (Lipinski definition) is 2. The number of anilines is 2. The minimum atomic E-state index is -0.629. The van der Waals surface area contributed by atoms with Crippen LogP contribution in [0, 0.1) is 12.8 Å². The number of hydrogen-bond acceptors (Lipinski definition) is 7. The number of benzene rings is 1. The smallest absolute Gasteiger partial charge is 0.248 e.